The Morgan fingerprint density at radius 2 is 1.89 bits per heavy atom. The summed E-state index contributed by atoms with van der Waals surface area (Å²) in [4.78, 5) is 35.9. The van der Waals surface area contributed by atoms with Crippen molar-refractivity contribution in [2.24, 2.45) is 0 Å². The quantitative estimate of drug-likeness (QED) is 0.366. The van der Waals surface area contributed by atoms with Gasteiger partial charge in [0.2, 0.25) is 5.91 Å². The van der Waals surface area contributed by atoms with Crippen LogP contribution >= 0.6 is 0 Å². The minimum atomic E-state index is -0.452. The number of rotatable bonds is 5. The van der Waals surface area contributed by atoms with Crippen LogP contribution in [0.1, 0.15) is 63.0 Å². The smallest absolute Gasteiger partial charge is 0.339 e. The lowest BCUT2D eigenvalue weighted by Crippen LogP contribution is -2.34. The fourth-order valence-electron chi connectivity index (χ4n) is 3.86. The summed E-state index contributed by atoms with van der Waals surface area (Å²) in [5, 5.41) is 3.88. The third-order valence-electron chi connectivity index (χ3n) is 5.34. The Bertz CT molecular complexity index is 922. The van der Waals surface area contributed by atoms with Gasteiger partial charge in [0.25, 0.3) is 0 Å². The van der Waals surface area contributed by atoms with Crippen LogP contribution in [0.25, 0.3) is 11.0 Å². The molecule has 0 spiro atoms. The zero-order chi connectivity index (χ0) is 20.1. The van der Waals surface area contributed by atoms with Crippen molar-refractivity contribution in [3.05, 3.63) is 39.7 Å². The van der Waals surface area contributed by atoms with Crippen LogP contribution in [0.2, 0.25) is 0 Å². The first-order valence-electron chi connectivity index (χ1n) is 9.98. The molecule has 0 saturated heterocycles. The molecule has 1 amide bonds. The van der Waals surface area contributed by atoms with Gasteiger partial charge in [-0.15, -0.1) is 0 Å². The summed E-state index contributed by atoms with van der Waals surface area (Å²) >= 11 is 0. The van der Waals surface area contributed by atoms with Crippen LogP contribution in [0, 0.1) is 6.92 Å². The lowest BCUT2D eigenvalue weighted by Gasteiger charge is -2.16. The lowest BCUT2D eigenvalue weighted by atomic mass is 10.0. The predicted octanol–water partition coefficient (Wildman–Crippen LogP) is 3.80. The van der Waals surface area contributed by atoms with Crippen LogP contribution in [-0.4, -0.2) is 17.9 Å². The van der Waals surface area contributed by atoms with E-state index in [1.165, 1.54) is 25.8 Å². The molecule has 0 radical (unpaired) electrons. The van der Waals surface area contributed by atoms with E-state index in [0.717, 1.165) is 36.6 Å². The predicted molar refractivity (Wildman–Crippen MR) is 106 cm³/mol. The fourth-order valence-corrected chi connectivity index (χ4v) is 3.86. The van der Waals surface area contributed by atoms with E-state index >= 15 is 0 Å². The van der Waals surface area contributed by atoms with E-state index in [2.05, 4.69) is 5.32 Å². The SMILES string of the molecule is CC(=O)Oc1ccc2c(C)c(CCC(=O)NC3CCCCCC3)c(=O)oc2c1. The number of amides is 1. The van der Waals surface area contributed by atoms with E-state index in [0.29, 0.717) is 23.3 Å². The van der Waals surface area contributed by atoms with Crippen molar-refractivity contribution in [3.8, 4) is 5.75 Å². The standard InChI is InChI=1S/C22H27NO5/c1-14-18-10-9-17(27-15(2)24)13-20(18)28-22(26)19(14)11-12-21(25)23-16-7-5-3-4-6-8-16/h9-10,13,16H,3-8,11-12H2,1-2H3,(H,23,25). The molecule has 0 bridgehead atoms. The maximum Gasteiger partial charge on any atom is 0.339 e. The lowest BCUT2D eigenvalue weighted by molar-refractivity contribution is -0.131. The van der Waals surface area contributed by atoms with Crippen LogP contribution in [0.4, 0.5) is 0 Å². The van der Waals surface area contributed by atoms with E-state index in [1.807, 2.05) is 6.92 Å². The first-order chi connectivity index (χ1) is 13.4. The highest BCUT2D eigenvalue weighted by atomic mass is 16.5. The van der Waals surface area contributed by atoms with E-state index in [-0.39, 0.29) is 18.4 Å². The molecule has 1 aromatic carbocycles. The molecule has 150 valence electrons. The summed E-state index contributed by atoms with van der Waals surface area (Å²) in [6.45, 7) is 3.16. The molecule has 1 N–H and O–H groups in total. The zero-order valence-corrected chi connectivity index (χ0v) is 16.5. The molecule has 6 nitrogen and oxygen atoms in total. The number of carbonyl (C=O) groups is 2. The number of hydrogen-bond acceptors (Lipinski definition) is 5. The normalized spacial score (nSPS) is 15.2. The number of ether oxygens (including phenoxy) is 1. The minimum absolute atomic E-state index is 0.0176. The molecule has 0 unspecified atom stereocenters. The van der Waals surface area contributed by atoms with Crippen molar-refractivity contribution in [1.82, 2.24) is 5.32 Å². The van der Waals surface area contributed by atoms with Gasteiger partial charge in [-0.2, -0.15) is 0 Å². The monoisotopic (exact) mass is 385 g/mol. The van der Waals surface area contributed by atoms with Crippen molar-refractivity contribution >= 4 is 22.8 Å². The van der Waals surface area contributed by atoms with Gasteiger partial charge in [-0.05, 0) is 43.9 Å². The first kappa shape index (κ1) is 20.1. The van der Waals surface area contributed by atoms with Crippen molar-refractivity contribution in [2.75, 3.05) is 0 Å². The molecule has 1 aliphatic carbocycles. The van der Waals surface area contributed by atoms with E-state index in [9.17, 15) is 14.4 Å². The molecule has 2 aromatic rings. The van der Waals surface area contributed by atoms with Crippen LogP contribution in [0.3, 0.4) is 0 Å². The maximum atomic E-state index is 12.4. The molecule has 1 heterocycles. The summed E-state index contributed by atoms with van der Waals surface area (Å²) in [5.41, 5.74) is 1.23. The molecule has 1 fully saturated rings. The van der Waals surface area contributed by atoms with E-state index in [4.69, 9.17) is 9.15 Å². The zero-order valence-electron chi connectivity index (χ0n) is 16.5. The highest BCUT2D eigenvalue weighted by molar-refractivity contribution is 5.83. The van der Waals surface area contributed by atoms with Crippen LogP contribution in [0.15, 0.2) is 27.4 Å². The summed E-state index contributed by atoms with van der Waals surface area (Å²) in [6, 6.07) is 5.22. The molecule has 3 rings (SSSR count). The van der Waals surface area contributed by atoms with Crippen molar-refractivity contribution in [1.29, 1.82) is 0 Å². The van der Waals surface area contributed by atoms with Crippen molar-refractivity contribution in [3.63, 3.8) is 0 Å². The molecule has 6 heteroatoms. The highest BCUT2D eigenvalue weighted by Crippen LogP contribution is 2.25. The Hall–Kier alpha value is -2.63. The number of carbonyl (C=O) groups excluding carboxylic acids is 2. The first-order valence-corrected chi connectivity index (χ1v) is 9.98. The third kappa shape index (κ3) is 5.00. The second-order valence-corrected chi connectivity index (χ2v) is 7.50. The maximum absolute atomic E-state index is 12.4. The average Bonchev–Trinajstić information content (AvgIpc) is 2.89. The van der Waals surface area contributed by atoms with Crippen LogP contribution in [0.5, 0.6) is 5.75 Å². The number of hydrogen-bond donors (Lipinski definition) is 1. The van der Waals surface area contributed by atoms with Gasteiger partial charge in [0, 0.05) is 36.4 Å². The molecule has 0 aliphatic heterocycles. The average molecular weight is 385 g/mol. The molecule has 1 saturated carbocycles. The number of esters is 1. The second kappa shape index (κ2) is 9.04. The number of aryl methyl sites for hydroxylation is 1. The molecule has 0 atom stereocenters. The molecule has 1 aromatic heterocycles. The van der Waals surface area contributed by atoms with Gasteiger partial charge in [0.1, 0.15) is 11.3 Å². The number of benzene rings is 1. The van der Waals surface area contributed by atoms with Gasteiger partial charge in [0.15, 0.2) is 0 Å². The topological polar surface area (TPSA) is 85.6 Å². The Labute approximate surface area is 164 Å². The van der Waals surface area contributed by atoms with Crippen molar-refractivity contribution in [2.45, 2.75) is 71.3 Å². The van der Waals surface area contributed by atoms with Crippen LogP contribution < -0.4 is 15.7 Å². The summed E-state index contributed by atoms with van der Waals surface area (Å²) < 4.78 is 10.5. The molecule has 28 heavy (non-hydrogen) atoms. The van der Waals surface area contributed by atoms with Gasteiger partial charge >= 0.3 is 11.6 Å². The Kier molecular flexibility index (Phi) is 6.49. The largest absolute Gasteiger partial charge is 0.427 e. The summed E-state index contributed by atoms with van der Waals surface area (Å²) in [5.74, 6) is -0.121. The van der Waals surface area contributed by atoms with Gasteiger partial charge in [-0.3, -0.25) is 9.59 Å². The Balaban J connectivity index is 1.71. The summed E-state index contributed by atoms with van der Waals surface area (Å²) in [7, 11) is 0. The van der Waals surface area contributed by atoms with E-state index < -0.39 is 11.6 Å². The van der Waals surface area contributed by atoms with E-state index in [1.54, 1.807) is 12.1 Å². The number of nitrogens with one attached hydrogen (secondary N) is 1. The van der Waals surface area contributed by atoms with Gasteiger partial charge < -0.3 is 14.5 Å². The highest BCUT2D eigenvalue weighted by Gasteiger charge is 2.17. The van der Waals surface area contributed by atoms with Gasteiger partial charge in [-0.1, -0.05) is 25.7 Å². The van der Waals surface area contributed by atoms with Crippen molar-refractivity contribution < 1.29 is 18.7 Å². The van der Waals surface area contributed by atoms with Gasteiger partial charge in [-0.25, -0.2) is 4.79 Å². The Morgan fingerprint density at radius 1 is 1.18 bits per heavy atom. The fraction of sp³-hybridized carbons (Fsp3) is 0.500. The molecule has 1 aliphatic rings. The molecular formula is C22H27NO5. The second-order valence-electron chi connectivity index (χ2n) is 7.50. The van der Waals surface area contributed by atoms with Gasteiger partial charge in [0.05, 0.1) is 0 Å². The number of fused-ring (bicyclic) bond motifs is 1. The third-order valence-corrected chi connectivity index (χ3v) is 5.34. The Morgan fingerprint density at radius 3 is 2.57 bits per heavy atom. The summed E-state index contributed by atoms with van der Waals surface area (Å²) in [6.07, 6.45) is 7.47. The van der Waals surface area contributed by atoms with Crippen LogP contribution in [-0.2, 0) is 16.0 Å². The molecular weight excluding hydrogens is 358 g/mol. The minimum Gasteiger partial charge on any atom is -0.427 e.